The fourth-order valence-corrected chi connectivity index (χ4v) is 1.34. The standard InChI is InChI=1S/C11H15N5O2/c1-2-17-9-4-3-8(7-13-9)14-11-16-15-10(18-11)5-6-12/h3-4,7H,2,5-6,12H2,1H3,(H,14,16). The summed E-state index contributed by atoms with van der Waals surface area (Å²) >= 11 is 0. The van der Waals surface area contributed by atoms with Crippen LogP contribution < -0.4 is 15.8 Å². The Bertz CT molecular complexity index is 482. The van der Waals surface area contributed by atoms with Gasteiger partial charge in [0.2, 0.25) is 11.8 Å². The van der Waals surface area contributed by atoms with Crippen LogP contribution in [0.25, 0.3) is 0 Å². The van der Waals surface area contributed by atoms with Gasteiger partial charge in [-0.3, -0.25) is 0 Å². The lowest BCUT2D eigenvalue weighted by atomic mass is 10.4. The maximum atomic E-state index is 5.40. The van der Waals surface area contributed by atoms with E-state index in [1.807, 2.05) is 13.0 Å². The highest BCUT2D eigenvalue weighted by Gasteiger charge is 2.05. The van der Waals surface area contributed by atoms with Gasteiger partial charge in [-0.15, -0.1) is 5.10 Å². The van der Waals surface area contributed by atoms with Crippen molar-refractivity contribution in [2.24, 2.45) is 5.73 Å². The molecular formula is C11H15N5O2. The second kappa shape index (κ2) is 5.97. The highest BCUT2D eigenvalue weighted by Crippen LogP contribution is 2.16. The molecule has 2 aromatic heterocycles. The quantitative estimate of drug-likeness (QED) is 0.790. The van der Waals surface area contributed by atoms with Crippen LogP contribution in [0.2, 0.25) is 0 Å². The summed E-state index contributed by atoms with van der Waals surface area (Å²) < 4.78 is 10.6. The van der Waals surface area contributed by atoms with Crippen molar-refractivity contribution in [2.45, 2.75) is 13.3 Å². The van der Waals surface area contributed by atoms with E-state index in [1.54, 1.807) is 12.3 Å². The number of nitrogens with zero attached hydrogens (tertiary/aromatic N) is 3. The van der Waals surface area contributed by atoms with E-state index in [2.05, 4.69) is 20.5 Å². The fourth-order valence-electron chi connectivity index (χ4n) is 1.34. The zero-order valence-corrected chi connectivity index (χ0v) is 10.1. The van der Waals surface area contributed by atoms with Crippen LogP contribution in [-0.2, 0) is 6.42 Å². The maximum Gasteiger partial charge on any atom is 0.320 e. The Hall–Kier alpha value is -2.15. The summed E-state index contributed by atoms with van der Waals surface area (Å²) in [5, 5.41) is 10.6. The molecule has 7 heteroatoms. The Morgan fingerprint density at radius 1 is 1.39 bits per heavy atom. The van der Waals surface area contributed by atoms with Crippen LogP contribution in [0.3, 0.4) is 0 Å². The van der Waals surface area contributed by atoms with Gasteiger partial charge in [0.25, 0.3) is 0 Å². The molecule has 2 aromatic rings. The van der Waals surface area contributed by atoms with Crippen LogP contribution in [0.5, 0.6) is 5.88 Å². The van der Waals surface area contributed by atoms with Crippen molar-refractivity contribution in [1.29, 1.82) is 0 Å². The minimum atomic E-state index is 0.324. The van der Waals surface area contributed by atoms with E-state index in [0.29, 0.717) is 37.4 Å². The Labute approximate surface area is 104 Å². The van der Waals surface area contributed by atoms with Crippen LogP contribution in [0.4, 0.5) is 11.7 Å². The molecule has 2 rings (SSSR count). The van der Waals surface area contributed by atoms with Crippen molar-refractivity contribution in [3.63, 3.8) is 0 Å². The van der Waals surface area contributed by atoms with Crippen molar-refractivity contribution < 1.29 is 9.15 Å². The van der Waals surface area contributed by atoms with E-state index in [-0.39, 0.29) is 0 Å². The van der Waals surface area contributed by atoms with Crippen molar-refractivity contribution in [3.05, 3.63) is 24.2 Å². The Morgan fingerprint density at radius 2 is 2.28 bits per heavy atom. The van der Waals surface area contributed by atoms with Crippen LogP contribution in [-0.4, -0.2) is 28.3 Å². The van der Waals surface area contributed by atoms with Crippen LogP contribution in [0.15, 0.2) is 22.7 Å². The predicted molar refractivity (Wildman–Crippen MR) is 65.7 cm³/mol. The molecule has 0 saturated heterocycles. The number of nitrogens with one attached hydrogen (secondary N) is 1. The molecule has 0 aromatic carbocycles. The van der Waals surface area contributed by atoms with Gasteiger partial charge in [-0.1, -0.05) is 5.10 Å². The van der Waals surface area contributed by atoms with Gasteiger partial charge in [-0.25, -0.2) is 4.98 Å². The normalized spacial score (nSPS) is 10.3. The number of pyridine rings is 1. The summed E-state index contributed by atoms with van der Waals surface area (Å²) in [7, 11) is 0. The van der Waals surface area contributed by atoms with Gasteiger partial charge >= 0.3 is 6.01 Å². The Balaban J connectivity index is 1.99. The number of anilines is 2. The lowest BCUT2D eigenvalue weighted by Crippen LogP contribution is -2.02. The zero-order chi connectivity index (χ0) is 12.8. The molecular weight excluding hydrogens is 234 g/mol. The van der Waals surface area contributed by atoms with Crippen molar-refractivity contribution >= 4 is 11.7 Å². The highest BCUT2D eigenvalue weighted by molar-refractivity contribution is 5.50. The molecule has 0 fully saturated rings. The molecule has 0 saturated carbocycles. The van der Waals surface area contributed by atoms with E-state index < -0.39 is 0 Å². The van der Waals surface area contributed by atoms with Gasteiger partial charge in [0.15, 0.2) is 0 Å². The van der Waals surface area contributed by atoms with E-state index in [4.69, 9.17) is 14.9 Å². The molecule has 2 heterocycles. The number of hydrogen-bond donors (Lipinski definition) is 2. The van der Waals surface area contributed by atoms with Gasteiger partial charge in [-0.05, 0) is 13.0 Å². The van der Waals surface area contributed by atoms with Crippen LogP contribution >= 0.6 is 0 Å². The largest absolute Gasteiger partial charge is 0.478 e. The van der Waals surface area contributed by atoms with Crippen molar-refractivity contribution in [2.75, 3.05) is 18.5 Å². The third kappa shape index (κ3) is 3.17. The van der Waals surface area contributed by atoms with E-state index >= 15 is 0 Å². The summed E-state index contributed by atoms with van der Waals surface area (Å²) in [6.45, 7) is 2.98. The van der Waals surface area contributed by atoms with Gasteiger partial charge in [0, 0.05) is 19.0 Å². The zero-order valence-electron chi connectivity index (χ0n) is 10.1. The number of rotatable bonds is 6. The molecule has 0 aliphatic rings. The average molecular weight is 249 g/mol. The van der Waals surface area contributed by atoms with Crippen molar-refractivity contribution in [3.8, 4) is 5.88 Å². The van der Waals surface area contributed by atoms with Crippen molar-refractivity contribution in [1.82, 2.24) is 15.2 Å². The number of nitrogens with two attached hydrogens (primary N) is 1. The Kier molecular flexibility index (Phi) is 4.08. The minimum absolute atomic E-state index is 0.324. The summed E-state index contributed by atoms with van der Waals surface area (Å²) in [5.41, 5.74) is 6.15. The summed E-state index contributed by atoms with van der Waals surface area (Å²) in [4.78, 5) is 4.11. The number of hydrogen-bond acceptors (Lipinski definition) is 7. The molecule has 3 N–H and O–H groups in total. The molecule has 0 atom stereocenters. The molecule has 0 bridgehead atoms. The molecule has 96 valence electrons. The SMILES string of the molecule is CCOc1ccc(Nc2nnc(CCN)o2)cn1. The summed E-state index contributed by atoms with van der Waals surface area (Å²) in [5.74, 6) is 1.09. The van der Waals surface area contributed by atoms with E-state index in [0.717, 1.165) is 5.69 Å². The minimum Gasteiger partial charge on any atom is -0.478 e. The monoisotopic (exact) mass is 249 g/mol. The summed E-state index contributed by atoms with van der Waals surface area (Å²) in [6.07, 6.45) is 2.20. The Morgan fingerprint density at radius 3 is 2.94 bits per heavy atom. The summed E-state index contributed by atoms with van der Waals surface area (Å²) in [6, 6.07) is 3.91. The lowest BCUT2D eigenvalue weighted by Gasteiger charge is -2.03. The van der Waals surface area contributed by atoms with E-state index in [9.17, 15) is 0 Å². The highest BCUT2D eigenvalue weighted by atomic mass is 16.5. The van der Waals surface area contributed by atoms with Crippen LogP contribution in [0, 0.1) is 0 Å². The first-order valence-electron chi connectivity index (χ1n) is 5.70. The lowest BCUT2D eigenvalue weighted by molar-refractivity contribution is 0.327. The average Bonchev–Trinajstić information content (AvgIpc) is 2.80. The second-order valence-corrected chi connectivity index (χ2v) is 3.48. The molecule has 7 nitrogen and oxygen atoms in total. The molecule has 0 unspecified atom stereocenters. The van der Waals surface area contributed by atoms with E-state index in [1.165, 1.54) is 0 Å². The first kappa shape index (κ1) is 12.3. The molecule has 18 heavy (non-hydrogen) atoms. The van der Waals surface area contributed by atoms with Gasteiger partial charge < -0.3 is 20.2 Å². The van der Waals surface area contributed by atoms with Crippen LogP contribution in [0.1, 0.15) is 12.8 Å². The predicted octanol–water partition coefficient (Wildman–Crippen LogP) is 1.11. The molecule has 0 amide bonds. The first-order valence-corrected chi connectivity index (χ1v) is 5.70. The maximum absolute atomic E-state index is 5.40. The van der Waals surface area contributed by atoms with Gasteiger partial charge in [0.1, 0.15) is 0 Å². The third-order valence-electron chi connectivity index (χ3n) is 2.10. The van der Waals surface area contributed by atoms with Gasteiger partial charge in [0.05, 0.1) is 18.5 Å². The molecule has 0 aliphatic heterocycles. The molecule has 0 aliphatic carbocycles. The third-order valence-corrected chi connectivity index (χ3v) is 2.10. The fraction of sp³-hybridized carbons (Fsp3) is 0.364. The first-order chi connectivity index (χ1) is 8.81. The smallest absolute Gasteiger partial charge is 0.320 e. The number of aromatic nitrogens is 3. The molecule has 0 spiro atoms. The topological polar surface area (TPSA) is 99.1 Å². The number of ether oxygens (including phenoxy) is 1. The second-order valence-electron chi connectivity index (χ2n) is 3.48. The van der Waals surface area contributed by atoms with Gasteiger partial charge in [-0.2, -0.15) is 0 Å². The molecule has 0 radical (unpaired) electrons.